The Morgan fingerprint density at radius 3 is 3.05 bits per heavy atom. The Labute approximate surface area is 115 Å². The Morgan fingerprint density at radius 1 is 1.37 bits per heavy atom. The van der Waals surface area contributed by atoms with Crippen molar-refractivity contribution in [1.82, 2.24) is 10.2 Å². The molecule has 0 aromatic heterocycles. The SMILES string of the molecule is COc1ccc(CN2CCC3NCCC3C2)cc1C. The number of aryl methyl sites for hydroxylation is 1. The third-order valence-electron chi connectivity index (χ3n) is 4.61. The highest BCUT2D eigenvalue weighted by molar-refractivity contribution is 5.36. The summed E-state index contributed by atoms with van der Waals surface area (Å²) in [6.45, 7) is 6.89. The standard InChI is InChI=1S/C16H24N2O/c1-12-9-13(3-4-16(12)19-2)10-18-8-6-15-14(11-18)5-7-17-15/h3-4,9,14-15,17H,5-8,10-11H2,1-2H3. The van der Waals surface area contributed by atoms with Gasteiger partial charge in [-0.3, -0.25) is 4.90 Å². The quantitative estimate of drug-likeness (QED) is 0.901. The molecule has 19 heavy (non-hydrogen) atoms. The smallest absolute Gasteiger partial charge is 0.121 e. The molecule has 3 nitrogen and oxygen atoms in total. The van der Waals surface area contributed by atoms with Gasteiger partial charge in [0.1, 0.15) is 5.75 Å². The van der Waals surface area contributed by atoms with Crippen molar-refractivity contribution in [2.24, 2.45) is 5.92 Å². The van der Waals surface area contributed by atoms with Crippen LogP contribution in [-0.4, -0.2) is 37.7 Å². The van der Waals surface area contributed by atoms with Gasteiger partial charge in [-0.2, -0.15) is 0 Å². The molecule has 2 heterocycles. The fraction of sp³-hybridized carbons (Fsp3) is 0.625. The van der Waals surface area contributed by atoms with Crippen molar-refractivity contribution in [1.29, 1.82) is 0 Å². The van der Waals surface area contributed by atoms with Crippen molar-refractivity contribution in [3.8, 4) is 5.75 Å². The Bertz CT molecular complexity index is 446. The topological polar surface area (TPSA) is 24.5 Å². The van der Waals surface area contributed by atoms with Gasteiger partial charge in [-0.15, -0.1) is 0 Å². The summed E-state index contributed by atoms with van der Waals surface area (Å²) < 4.78 is 5.32. The van der Waals surface area contributed by atoms with Crippen LogP contribution in [-0.2, 0) is 6.54 Å². The van der Waals surface area contributed by atoms with E-state index in [2.05, 4.69) is 35.3 Å². The van der Waals surface area contributed by atoms with Gasteiger partial charge < -0.3 is 10.1 Å². The van der Waals surface area contributed by atoms with Crippen LogP contribution >= 0.6 is 0 Å². The number of ether oxygens (including phenoxy) is 1. The minimum atomic E-state index is 0.786. The van der Waals surface area contributed by atoms with E-state index < -0.39 is 0 Å². The molecule has 2 fully saturated rings. The number of benzene rings is 1. The molecule has 0 aliphatic carbocycles. The molecular formula is C16H24N2O. The van der Waals surface area contributed by atoms with Crippen molar-refractivity contribution < 1.29 is 4.74 Å². The first kappa shape index (κ1) is 12.9. The third-order valence-corrected chi connectivity index (χ3v) is 4.61. The predicted molar refractivity (Wildman–Crippen MR) is 77.5 cm³/mol. The first-order valence-corrected chi connectivity index (χ1v) is 7.35. The van der Waals surface area contributed by atoms with Crippen LogP contribution in [0.3, 0.4) is 0 Å². The lowest BCUT2D eigenvalue weighted by Gasteiger charge is -2.34. The third kappa shape index (κ3) is 2.77. The van der Waals surface area contributed by atoms with Crippen molar-refractivity contribution in [3.05, 3.63) is 29.3 Å². The predicted octanol–water partition coefficient (Wildman–Crippen LogP) is 2.19. The summed E-state index contributed by atoms with van der Waals surface area (Å²) in [5.74, 6) is 1.86. The van der Waals surface area contributed by atoms with Gasteiger partial charge in [-0.25, -0.2) is 0 Å². The fourth-order valence-electron chi connectivity index (χ4n) is 3.56. The second-order valence-corrected chi connectivity index (χ2v) is 5.94. The molecule has 2 saturated heterocycles. The van der Waals surface area contributed by atoms with Crippen LogP contribution < -0.4 is 10.1 Å². The zero-order valence-corrected chi connectivity index (χ0v) is 12.0. The van der Waals surface area contributed by atoms with E-state index in [1.165, 1.54) is 43.6 Å². The second kappa shape index (κ2) is 5.51. The Morgan fingerprint density at radius 2 is 2.26 bits per heavy atom. The summed E-state index contributed by atoms with van der Waals surface area (Å²) in [4.78, 5) is 2.61. The number of hydrogen-bond acceptors (Lipinski definition) is 3. The average molecular weight is 260 g/mol. The summed E-state index contributed by atoms with van der Waals surface area (Å²) >= 11 is 0. The number of fused-ring (bicyclic) bond motifs is 1. The largest absolute Gasteiger partial charge is 0.496 e. The molecule has 2 unspecified atom stereocenters. The van der Waals surface area contributed by atoms with Gasteiger partial charge in [0.25, 0.3) is 0 Å². The molecule has 1 aromatic carbocycles. The van der Waals surface area contributed by atoms with Gasteiger partial charge >= 0.3 is 0 Å². The van der Waals surface area contributed by atoms with Crippen molar-refractivity contribution >= 4 is 0 Å². The summed E-state index contributed by atoms with van der Waals surface area (Å²) in [5, 5.41) is 3.62. The number of piperidine rings is 1. The highest BCUT2D eigenvalue weighted by Crippen LogP contribution is 2.26. The molecule has 1 aromatic rings. The Kier molecular flexibility index (Phi) is 3.76. The van der Waals surface area contributed by atoms with Gasteiger partial charge in [0.2, 0.25) is 0 Å². The zero-order valence-electron chi connectivity index (χ0n) is 12.0. The number of nitrogens with one attached hydrogen (secondary N) is 1. The molecule has 2 aliphatic rings. The number of methoxy groups -OCH3 is 1. The maximum absolute atomic E-state index is 5.32. The Balaban J connectivity index is 1.63. The summed E-state index contributed by atoms with van der Waals surface area (Å²) in [5.41, 5.74) is 2.64. The molecule has 3 rings (SSSR count). The molecule has 0 radical (unpaired) electrons. The minimum absolute atomic E-state index is 0.786. The minimum Gasteiger partial charge on any atom is -0.496 e. The van der Waals surface area contributed by atoms with Gasteiger partial charge in [-0.1, -0.05) is 12.1 Å². The van der Waals surface area contributed by atoms with Crippen LogP contribution in [0.25, 0.3) is 0 Å². The van der Waals surface area contributed by atoms with Gasteiger partial charge in [0.15, 0.2) is 0 Å². The molecule has 3 heteroatoms. The summed E-state index contributed by atoms with van der Waals surface area (Å²) in [7, 11) is 1.74. The number of hydrogen-bond donors (Lipinski definition) is 1. The molecule has 0 amide bonds. The van der Waals surface area contributed by atoms with Crippen molar-refractivity contribution in [2.45, 2.75) is 32.4 Å². The monoisotopic (exact) mass is 260 g/mol. The van der Waals surface area contributed by atoms with Crippen LogP contribution in [0.15, 0.2) is 18.2 Å². The van der Waals surface area contributed by atoms with Crippen LogP contribution in [0.5, 0.6) is 5.75 Å². The van der Waals surface area contributed by atoms with Crippen LogP contribution in [0, 0.1) is 12.8 Å². The molecule has 1 N–H and O–H groups in total. The van der Waals surface area contributed by atoms with Gasteiger partial charge in [0, 0.05) is 19.1 Å². The molecule has 2 aliphatic heterocycles. The van der Waals surface area contributed by atoms with Gasteiger partial charge in [0.05, 0.1) is 7.11 Å². The molecule has 0 bridgehead atoms. The number of rotatable bonds is 3. The van der Waals surface area contributed by atoms with E-state index >= 15 is 0 Å². The van der Waals surface area contributed by atoms with Crippen molar-refractivity contribution in [2.75, 3.05) is 26.7 Å². The lowest BCUT2D eigenvalue weighted by atomic mass is 9.93. The first-order chi connectivity index (χ1) is 9.26. The van der Waals surface area contributed by atoms with E-state index in [9.17, 15) is 0 Å². The molecule has 104 valence electrons. The molecule has 0 spiro atoms. The maximum atomic E-state index is 5.32. The fourth-order valence-corrected chi connectivity index (χ4v) is 3.56. The highest BCUT2D eigenvalue weighted by Gasteiger charge is 2.32. The maximum Gasteiger partial charge on any atom is 0.121 e. The second-order valence-electron chi connectivity index (χ2n) is 5.94. The first-order valence-electron chi connectivity index (χ1n) is 7.35. The van der Waals surface area contributed by atoms with E-state index in [0.717, 1.165) is 24.3 Å². The zero-order chi connectivity index (χ0) is 13.2. The normalized spacial score (nSPS) is 27.3. The highest BCUT2D eigenvalue weighted by atomic mass is 16.5. The van der Waals surface area contributed by atoms with Gasteiger partial charge in [-0.05, 0) is 56.0 Å². The van der Waals surface area contributed by atoms with E-state index in [-0.39, 0.29) is 0 Å². The average Bonchev–Trinajstić information content (AvgIpc) is 2.86. The lowest BCUT2D eigenvalue weighted by molar-refractivity contribution is 0.156. The van der Waals surface area contributed by atoms with E-state index in [0.29, 0.717) is 0 Å². The molecular weight excluding hydrogens is 236 g/mol. The van der Waals surface area contributed by atoms with Crippen molar-refractivity contribution in [3.63, 3.8) is 0 Å². The van der Waals surface area contributed by atoms with Crippen LogP contribution in [0.4, 0.5) is 0 Å². The number of nitrogens with zero attached hydrogens (tertiary/aromatic N) is 1. The molecule has 0 saturated carbocycles. The summed E-state index contributed by atoms with van der Waals surface area (Å²) in [6, 6.07) is 7.34. The molecule has 2 atom stereocenters. The lowest BCUT2D eigenvalue weighted by Crippen LogP contribution is -2.43. The van der Waals surface area contributed by atoms with E-state index in [1.54, 1.807) is 7.11 Å². The number of likely N-dealkylation sites (tertiary alicyclic amines) is 1. The van der Waals surface area contributed by atoms with E-state index in [4.69, 9.17) is 4.74 Å². The Hall–Kier alpha value is -1.06. The summed E-state index contributed by atoms with van der Waals surface area (Å²) in [6.07, 6.45) is 2.66. The van der Waals surface area contributed by atoms with Crippen LogP contribution in [0.2, 0.25) is 0 Å². The van der Waals surface area contributed by atoms with Crippen LogP contribution in [0.1, 0.15) is 24.0 Å². The van der Waals surface area contributed by atoms with E-state index in [1.807, 2.05) is 0 Å².